The second kappa shape index (κ2) is 9.44. The van der Waals surface area contributed by atoms with Crippen LogP contribution < -0.4 is 15.4 Å². The lowest BCUT2D eigenvalue weighted by atomic mass is 9.93. The van der Waals surface area contributed by atoms with Crippen LogP contribution in [0.15, 0.2) is 42.7 Å². The summed E-state index contributed by atoms with van der Waals surface area (Å²) in [6.07, 6.45) is -3.54. The van der Waals surface area contributed by atoms with Crippen LogP contribution in [0.25, 0.3) is 0 Å². The second-order valence-corrected chi connectivity index (χ2v) is 11.1. The van der Waals surface area contributed by atoms with Crippen LogP contribution in [0.4, 0.5) is 13.2 Å². The number of benzene rings is 1. The number of rotatable bonds is 5. The predicted molar refractivity (Wildman–Crippen MR) is 132 cm³/mol. The SMILES string of the molecule is CC1(C)CC(=O)N([C@@H](c2cncc(Cl)c2)[C@@H]2C[C@H]2C(=O)N[C@H]2C[C@H](C(F)(F)F)Oc3ccccc32)C(=N)N1. The first kappa shape index (κ1) is 26.3. The average molecular weight is 550 g/mol. The van der Waals surface area contributed by atoms with Crippen molar-refractivity contribution in [2.45, 2.75) is 63.0 Å². The summed E-state index contributed by atoms with van der Waals surface area (Å²) < 4.78 is 45.7. The molecule has 1 saturated carbocycles. The van der Waals surface area contributed by atoms with Crippen LogP contribution in [-0.4, -0.2) is 45.5 Å². The van der Waals surface area contributed by atoms with Gasteiger partial charge in [0.1, 0.15) is 5.75 Å². The second-order valence-electron chi connectivity index (χ2n) is 10.7. The highest BCUT2D eigenvalue weighted by atomic mass is 35.5. The van der Waals surface area contributed by atoms with Gasteiger partial charge < -0.3 is 15.4 Å². The summed E-state index contributed by atoms with van der Waals surface area (Å²) in [6, 6.07) is 6.43. The molecule has 3 heterocycles. The molecular weight excluding hydrogens is 523 g/mol. The molecule has 0 radical (unpaired) electrons. The molecule has 1 saturated heterocycles. The molecule has 12 heteroatoms. The minimum atomic E-state index is -4.58. The number of halogens is 4. The van der Waals surface area contributed by atoms with Crippen LogP contribution >= 0.6 is 11.6 Å². The van der Waals surface area contributed by atoms with Gasteiger partial charge in [0.2, 0.25) is 11.8 Å². The van der Waals surface area contributed by atoms with Gasteiger partial charge in [-0.2, -0.15) is 13.2 Å². The number of fused-ring (bicyclic) bond motifs is 1. The summed E-state index contributed by atoms with van der Waals surface area (Å²) in [5.41, 5.74) is 0.452. The highest BCUT2D eigenvalue weighted by molar-refractivity contribution is 6.30. The van der Waals surface area contributed by atoms with Gasteiger partial charge in [0.05, 0.1) is 17.1 Å². The molecule has 5 rings (SSSR count). The average Bonchev–Trinajstić information content (AvgIpc) is 3.60. The number of carbonyl (C=O) groups excluding carboxylic acids is 2. The molecule has 2 aliphatic heterocycles. The van der Waals surface area contributed by atoms with Crippen molar-refractivity contribution in [2.24, 2.45) is 11.8 Å². The first-order valence-electron chi connectivity index (χ1n) is 12.3. The van der Waals surface area contributed by atoms with Crippen molar-refractivity contribution in [3.63, 3.8) is 0 Å². The molecular formula is C26H27ClF3N5O3. The number of aromatic nitrogens is 1. The van der Waals surface area contributed by atoms with Crippen molar-refractivity contribution in [3.05, 3.63) is 58.9 Å². The van der Waals surface area contributed by atoms with Crippen molar-refractivity contribution in [2.75, 3.05) is 0 Å². The molecule has 2 aromatic rings. The zero-order valence-electron chi connectivity index (χ0n) is 20.7. The van der Waals surface area contributed by atoms with Gasteiger partial charge in [0.15, 0.2) is 12.1 Å². The highest BCUT2D eigenvalue weighted by Gasteiger charge is 2.54. The van der Waals surface area contributed by atoms with E-state index in [1.807, 2.05) is 13.8 Å². The summed E-state index contributed by atoms with van der Waals surface area (Å²) in [5.74, 6) is -1.65. The molecule has 1 aromatic heterocycles. The van der Waals surface area contributed by atoms with Gasteiger partial charge in [0.25, 0.3) is 0 Å². The number of para-hydroxylation sites is 1. The Bertz CT molecular complexity index is 1270. The summed E-state index contributed by atoms with van der Waals surface area (Å²) in [4.78, 5) is 32.0. The van der Waals surface area contributed by atoms with Gasteiger partial charge in [0, 0.05) is 42.3 Å². The van der Waals surface area contributed by atoms with Gasteiger partial charge in [-0.3, -0.25) is 24.9 Å². The quantitative estimate of drug-likeness (QED) is 0.508. The fourth-order valence-electron chi connectivity index (χ4n) is 5.38. The minimum Gasteiger partial charge on any atom is -0.480 e. The molecule has 0 unspecified atom stereocenters. The van der Waals surface area contributed by atoms with Gasteiger partial charge in [-0.05, 0) is 43.9 Å². The Labute approximate surface area is 222 Å². The van der Waals surface area contributed by atoms with E-state index >= 15 is 0 Å². The van der Waals surface area contributed by atoms with Crippen molar-refractivity contribution in [1.29, 1.82) is 5.41 Å². The predicted octanol–water partition coefficient (Wildman–Crippen LogP) is 4.52. The lowest BCUT2D eigenvalue weighted by Crippen LogP contribution is -2.60. The molecule has 202 valence electrons. The third kappa shape index (κ3) is 5.16. The van der Waals surface area contributed by atoms with Crippen LogP contribution in [0, 0.1) is 17.2 Å². The Morgan fingerprint density at radius 1 is 1.29 bits per heavy atom. The third-order valence-corrected chi connectivity index (χ3v) is 7.39. The van der Waals surface area contributed by atoms with E-state index in [-0.39, 0.29) is 30.0 Å². The number of nitrogens with zero attached hydrogens (tertiary/aromatic N) is 2. The molecule has 0 bridgehead atoms. The highest BCUT2D eigenvalue weighted by Crippen LogP contribution is 2.52. The van der Waals surface area contributed by atoms with Crippen LogP contribution in [0.1, 0.15) is 56.3 Å². The van der Waals surface area contributed by atoms with Crippen molar-refractivity contribution in [1.82, 2.24) is 20.5 Å². The van der Waals surface area contributed by atoms with Crippen molar-refractivity contribution >= 4 is 29.4 Å². The maximum absolute atomic E-state index is 13.5. The summed E-state index contributed by atoms with van der Waals surface area (Å²) in [7, 11) is 0. The maximum Gasteiger partial charge on any atom is 0.425 e. The zero-order chi connectivity index (χ0) is 27.4. The van der Waals surface area contributed by atoms with E-state index in [1.165, 1.54) is 17.2 Å². The number of nitrogens with one attached hydrogen (secondary N) is 3. The molecule has 8 nitrogen and oxygen atoms in total. The van der Waals surface area contributed by atoms with E-state index in [1.54, 1.807) is 30.5 Å². The van der Waals surface area contributed by atoms with Crippen LogP contribution in [0.3, 0.4) is 0 Å². The standard InChI is InChI=1S/C26H27ClF3N5O3/c1-25(2)10-21(36)35(24(31)34-25)22(13-7-14(27)12-32-11-13)16-8-17(16)23(37)33-18-9-20(26(28,29)30)38-19-6-4-3-5-15(18)19/h3-7,11-12,16-18,20,22H,8-10H2,1-2H3,(H2,31,34)(H,33,37)/t16-,17-,18+,20-,22+/m1/s1. The van der Waals surface area contributed by atoms with Crippen molar-refractivity contribution < 1.29 is 27.5 Å². The Morgan fingerprint density at radius 2 is 2.03 bits per heavy atom. The minimum absolute atomic E-state index is 0.0858. The van der Waals surface area contributed by atoms with E-state index in [4.69, 9.17) is 21.7 Å². The van der Waals surface area contributed by atoms with E-state index in [0.29, 0.717) is 22.6 Å². The van der Waals surface area contributed by atoms with Gasteiger partial charge in [-0.25, -0.2) is 0 Å². The molecule has 1 aromatic carbocycles. The van der Waals surface area contributed by atoms with Gasteiger partial charge in [-0.1, -0.05) is 29.8 Å². The summed E-state index contributed by atoms with van der Waals surface area (Å²) in [6.45, 7) is 3.64. The number of hydrogen-bond donors (Lipinski definition) is 3. The monoisotopic (exact) mass is 549 g/mol. The summed E-state index contributed by atoms with van der Waals surface area (Å²) in [5, 5.41) is 14.7. The van der Waals surface area contributed by atoms with Crippen LogP contribution in [0.5, 0.6) is 5.75 Å². The Balaban J connectivity index is 1.39. The number of ether oxygens (including phenoxy) is 1. The lowest BCUT2D eigenvalue weighted by Gasteiger charge is -2.42. The zero-order valence-corrected chi connectivity index (χ0v) is 21.4. The Hall–Kier alpha value is -3.34. The lowest BCUT2D eigenvalue weighted by molar-refractivity contribution is -0.201. The molecule has 0 spiro atoms. The molecule has 3 N–H and O–H groups in total. The Morgan fingerprint density at radius 3 is 2.71 bits per heavy atom. The fraction of sp³-hybridized carbons (Fsp3) is 0.462. The van der Waals surface area contributed by atoms with E-state index in [2.05, 4.69) is 15.6 Å². The van der Waals surface area contributed by atoms with Crippen molar-refractivity contribution in [3.8, 4) is 5.75 Å². The number of amides is 2. The first-order valence-corrected chi connectivity index (χ1v) is 12.6. The maximum atomic E-state index is 13.5. The largest absolute Gasteiger partial charge is 0.480 e. The summed E-state index contributed by atoms with van der Waals surface area (Å²) >= 11 is 6.18. The number of alkyl halides is 3. The first-order chi connectivity index (χ1) is 17.8. The molecule has 2 fully saturated rings. The number of guanidine groups is 1. The normalized spacial score (nSPS) is 27.1. The third-order valence-electron chi connectivity index (χ3n) is 7.18. The molecule has 3 aliphatic rings. The topological polar surface area (TPSA) is 107 Å². The molecule has 1 aliphatic carbocycles. The number of hydrogen-bond acceptors (Lipinski definition) is 5. The van der Waals surface area contributed by atoms with Crippen LogP contribution in [-0.2, 0) is 9.59 Å². The molecule has 38 heavy (non-hydrogen) atoms. The smallest absolute Gasteiger partial charge is 0.425 e. The van der Waals surface area contributed by atoms with Gasteiger partial charge in [-0.15, -0.1) is 0 Å². The fourth-order valence-corrected chi connectivity index (χ4v) is 5.57. The van der Waals surface area contributed by atoms with Gasteiger partial charge >= 0.3 is 6.18 Å². The number of carbonyl (C=O) groups is 2. The Kier molecular flexibility index (Phi) is 6.53. The molecule has 5 atom stereocenters. The van der Waals surface area contributed by atoms with E-state index in [0.717, 1.165) is 0 Å². The van der Waals surface area contributed by atoms with E-state index < -0.39 is 48.1 Å². The number of pyridine rings is 1. The molecule has 2 amide bonds. The van der Waals surface area contributed by atoms with E-state index in [9.17, 15) is 22.8 Å². The van der Waals surface area contributed by atoms with Crippen LogP contribution in [0.2, 0.25) is 5.02 Å².